The van der Waals surface area contributed by atoms with E-state index in [0.29, 0.717) is 46.9 Å². The fourth-order valence-electron chi connectivity index (χ4n) is 3.50. The summed E-state index contributed by atoms with van der Waals surface area (Å²) in [5, 5.41) is 0. The smallest absolute Gasteiger partial charge is 0.258 e. The molecule has 4 rings (SSSR count). The highest BCUT2D eigenvalue weighted by Gasteiger charge is 2.20. The maximum Gasteiger partial charge on any atom is 0.258 e. The van der Waals surface area contributed by atoms with Gasteiger partial charge in [0.15, 0.2) is 5.82 Å². The Morgan fingerprint density at radius 2 is 2.06 bits per heavy atom. The Morgan fingerprint density at radius 1 is 1.26 bits per heavy atom. The number of nitrogens with zero attached hydrogens (tertiary/aromatic N) is 2. The summed E-state index contributed by atoms with van der Waals surface area (Å²) in [7, 11) is -2.91. The summed E-state index contributed by atoms with van der Waals surface area (Å²) >= 11 is 0. The number of hydrogen-bond acceptors (Lipinski definition) is 7. The predicted molar refractivity (Wildman–Crippen MR) is 116 cm³/mol. The molecule has 3 N–H and O–H groups in total. The largest absolute Gasteiger partial charge is 0.493 e. The van der Waals surface area contributed by atoms with Gasteiger partial charge in [-0.2, -0.15) is 0 Å². The van der Waals surface area contributed by atoms with Crippen LogP contribution in [0.25, 0.3) is 11.3 Å². The first-order valence-corrected chi connectivity index (χ1v) is 11.8. The molecular weight excluding hydrogens is 419 g/mol. The van der Waals surface area contributed by atoms with Gasteiger partial charge in [-0.25, -0.2) is 23.3 Å². The van der Waals surface area contributed by atoms with Crippen LogP contribution >= 0.6 is 0 Å². The van der Waals surface area contributed by atoms with Gasteiger partial charge in [0.05, 0.1) is 28.2 Å². The van der Waals surface area contributed by atoms with E-state index in [0.717, 1.165) is 5.56 Å². The van der Waals surface area contributed by atoms with Gasteiger partial charge in [-0.1, -0.05) is 6.07 Å². The van der Waals surface area contributed by atoms with Gasteiger partial charge in [-0.3, -0.25) is 0 Å². The number of fused-ring (bicyclic) bond motifs is 5. The lowest BCUT2D eigenvalue weighted by Gasteiger charge is -2.19. The molecule has 0 spiro atoms. The van der Waals surface area contributed by atoms with Crippen molar-refractivity contribution in [3.8, 4) is 22.9 Å². The molecule has 0 fully saturated rings. The van der Waals surface area contributed by atoms with Crippen LogP contribution in [0.2, 0.25) is 0 Å². The molecule has 0 radical (unpaired) electrons. The van der Waals surface area contributed by atoms with Crippen molar-refractivity contribution >= 4 is 15.5 Å². The summed E-state index contributed by atoms with van der Waals surface area (Å²) in [4.78, 5) is 9.17. The van der Waals surface area contributed by atoms with Crippen molar-refractivity contribution in [2.24, 2.45) is 0 Å². The van der Waals surface area contributed by atoms with E-state index in [1.807, 2.05) is 6.07 Å². The molecule has 1 aliphatic rings. The fraction of sp³-hybridized carbons (Fsp3) is 0.273. The average Bonchev–Trinajstić information content (AvgIpc) is 2.73. The van der Waals surface area contributed by atoms with Gasteiger partial charge in [0.25, 0.3) is 5.88 Å². The molecule has 0 amide bonds. The van der Waals surface area contributed by atoms with Crippen LogP contribution in [-0.4, -0.2) is 27.0 Å². The number of benzene rings is 2. The molecule has 2 atom stereocenters. The lowest BCUT2D eigenvalue weighted by Crippen LogP contribution is -2.10. The summed E-state index contributed by atoms with van der Waals surface area (Å²) < 4.78 is 46.0. The Labute approximate surface area is 180 Å². The standard InChI is InChI=1S/C22H23FN4O3S/c1-13-17-10-15(23)6-8-20(17)29-9-3-4-14-5-7-16(31(2,25)28)11-18(14)19-12-26-21(24)22(27-19)30-13/h5-8,10-13,25H,3-4,9H2,1-2H3,(H2,24,26)/t13-,31?/m1/s1. The lowest BCUT2D eigenvalue weighted by atomic mass is 10.0. The molecule has 31 heavy (non-hydrogen) atoms. The summed E-state index contributed by atoms with van der Waals surface area (Å²) in [5.41, 5.74) is 8.71. The highest BCUT2D eigenvalue weighted by Crippen LogP contribution is 2.34. The van der Waals surface area contributed by atoms with Gasteiger partial charge in [-0.05, 0) is 55.7 Å². The summed E-state index contributed by atoms with van der Waals surface area (Å²) in [6, 6.07) is 9.57. The SMILES string of the molecule is C[C@H]1Oc2nc(cnc2N)-c2cc(S(C)(=N)=O)ccc2CCCOc2ccc(F)cc21. The molecule has 7 nitrogen and oxygen atoms in total. The second-order valence-corrected chi connectivity index (χ2v) is 9.66. The third kappa shape index (κ3) is 4.46. The molecule has 2 aromatic carbocycles. The summed E-state index contributed by atoms with van der Waals surface area (Å²) in [6.45, 7) is 2.17. The first-order valence-electron chi connectivity index (χ1n) is 9.81. The van der Waals surface area contributed by atoms with Crippen molar-refractivity contribution in [1.82, 2.24) is 9.97 Å². The molecule has 0 saturated carbocycles. The van der Waals surface area contributed by atoms with Crippen molar-refractivity contribution < 1.29 is 18.1 Å². The Morgan fingerprint density at radius 3 is 2.84 bits per heavy atom. The van der Waals surface area contributed by atoms with Gasteiger partial charge < -0.3 is 15.2 Å². The van der Waals surface area contributed by atoms with Gasteiger partial charge in [-0.15, -0.1) is 0 Å². The molecule has 1 aromatic heterocycles. The average molecular weight is 443 g/mol. The molecule has 0 saturated heterocycles. The number of nitrogens with two attached hydrogens (primary N) is 1. The highest BCUT2D eigenvalue weighted by molar-refractivity contribution is 7.91. The Hall–Kier alpha value is -3.20. The van der Waals surface area contributed by atoms with E-state index in [1.165, 1.54) is 24.6 Å². The van der Waals surface area contributed by atoms with Crippen LogP contribution in [0.4, 0.5) is 10.2 Å². The van der Waals surface area contributed by atoms with Gasteiger partial charge in [0.2, 0.25) is 0 Å². The highest BCUT2D eigenvalue weighted by atomic mass is 32.2. The van der Waals surface area contributed by atoms with Crippen LogP contribution in [0.1, 0.15) is 30.6 Å². The lowest BCUT2D eigenvalue weighted by molar-refractivity contribution is 0.208. The zero-order valence-electron chi connectivity index (χ0n) is 17.2. The molecule has 0 aliphatic carbocycles. The van der Waals surface area contributed by atoms with Crippen LogP contribution in [0.5, 0.6) is 11.6 Å². The number of rotatable bonds is 1. The molecule has 3 aromatic rings. The summed E-state index contributed by atoms with van der Waals surface area (Å²) in [5.74, 6) is 0.348. The number of anilines is 1. The predicted octanol–water partition coefficient (Wildman–Crippen LogP) is 4.37. The number of hydrogen-bond donors (Lipinski definition) is 2. The van der Waals surface area contributed by atoms with Crippen LogP contribution in [0.15, 0.2) is 47.5 Å². The van der Waals surface area contributed by atoms with Gasteiger partial charge in [0, 0.05) is 22.3 Å². The van der Waals surface area contributed by atoms with E-state index >= 15 is 0 Å². The van der Waals surface area contributed by atoms with Crippen molar-refractivity contribution in [2.45, 2.75) is 30.8 Å². The number of nitrogens with one attached hydrogen (secondary N) is 1. The second kappa shape index (κ2) is 8.14. The minimum atomic E-state index is -2.91. The zero-order chi connectivity index (χ0) is 22.2. The number of ether oxygens (including phenoxy) is 2. The third-order valence-electron chi connectivity index (χ3n) is 5.12. The van der Waals surface area contributed by atoms with Crippen molar-refractivity contribution in [2.75, 3.05) is 18.6 Å². The van der Waals surface area contributed by atoms with E-state index in [1.54, 1.807) is 25.1 Å². The molecule has 2 bridgehead atoms. The maximum atomic E-state index is 13.9. The Balaban J connectivity index is 1.85. The van der Waals surface area contributed by atoms with Crippen LogP contribution in [0, 0.1) is 10.6 Å². The number of halogens is 1. The molecule has 9 heteroatoms. The van der Waals surface area contributed by atoms with E-state index < -0.39 is 21.7 Å². The number of aryl methyl sites for hydroxylation is 1. The second-order valence-electron chi connectivity index (χ2n) is 7.50. The normalized spacial score (nSPS) is 18.0. The molecular formula is C22H23FN4O3S. The minimum Gasteiger partial charge on any atom is -0.493 e. The first-order chi connectivity index (χ1) is 14.7. The fourth-order valence-corrected chi connectivity index (χ4v) is 4.17. The molecule has 2 heterocycles. The van der Waals surface area contributed by atoms with E-state index in [9.17, 15) is 8.60 Å². The van der Waals surface area contributed by atoms with E-state index in [4.69, 9.17) is 20.0 Å². The quantitative estimate of drug-likeness (QED) is 0.579. The van der Waals surface area contributed by atoms with Crippen LogP contribution < -0.4 is 15.2 Å². The number of aromatic nitrogens is 2. The van der Waals surface area contributed by atoms with Crippen molar-refractivity contribution in [1.29, 1.82) is 4.78 Å². The monoisotopic (exact) mass is 442 g/mol. The topological polar surface area (TPSA) is 111 Å². The van der Waals surface area contributed by atoms with Crippen LogP contribution in [-0.2, 0) is 16.1 Å². The molecule has 162 valence electrons. The van der Waals surface area contributed by atoms with Gasteiger partial charge in [0.1, 0.15) is 17.7 Å². The molecule has 1 aliphatic heterocycles. The minimum absolute atomic E-state index is 0.0989. The van der Waals surface area contributed by atoms with Crippen molar-refractivity contribution in [3.05, 3.63) is 59.5 Å². The van der Waals surface area contributed by atoms with E-state index in [2.05, 4.69) is 9.97 Å². The summed E-state index contributed by atoms with van der Waals surface area (Å²) in [6.07, 6.45) is 3.67. The van der Waals surface area contributed by atoms with Gasteiger partial charge >= 0.3 is 0 Å². The molecule has 1 unspecified atom stereocenters. The maximum absolute atomic E-state index is 13.9. The van der Waals surface area contributed by atoms with Crippen LogP contribution in [0.3, 0.4) is 0 Å². The number of nitrogen functional groups attached to an aromatic ring is 1. The van der Waals surface area contributed by atoms with E-state index in [-0.39, 0.29) is 11.7 Å². The zero-order valence-corrected chi connectivity index (χ0v) is 18.0. The first kappa shape index (κ1) is 21.0. The Kier molecular flexibility index (Phi) is 5.53. The third-order valence-corrected chi connectivity index (χ3v) is 6.27. The van der Waals surface area contributed by atoms with Crippen molar-refractivity contribution in [3.63, 3.8) is 0 Å². The Bertz CT molecular complexity index is 1250.